The molecule has 0 aliphatic rings. The Morgan fingerprint density at radius 1 is 1.10 bits per heavy atom. The van der Waals surface area contributed by atoms with E-state index >= 15 is 0 Å². The van der Waals surface area contributed by atoms with Gasteiger partial charge in [0, 0.05) is 18.0 Å². The molecule has 1 aromatic heterocycles. The van der Waals surface area contributed by atoms with Crippen LogP contribution in [0.3, 0.4) is 0 Å². The van der Waals surface area contributed by atoms with Crippen molar-refractivity contribution >= 4 is 0 Å². The number of ether oxygens (including phenoxy) is 1. The molecule has 0 amide bonds. The maximum absolute atomic E-state index is 5.59. The Hall–Kier alpha value is -1.94. The lowest BCUT2D eigenvalue weighted by Crippen LogP contribution is -2.21. The molecule has 2 aromatic rings. The van der Waals surface area contributed by atoms with Crippen molar-refractivity contribution in [2.24, 2.45) is 0 Å². The van der Waals surface area contributed by atoms with Crippen LogP contribution in [0.15, 0.2) is 24.5 Å². The van der Waals surface area contributed by atoms with Gasteiger partial charge in [-0.1, -0.05) is 12.1 Å². The molecule has 2 rings (SSSR count). The van der Waals surface area contributed by atoms with Crippen LogP contribution in [0.4, 0.5) is 0 Å². The molecule has 0 bridgehead atoms. The molecular weight excluding hydrogens is 250 g/mol. The number of hydrogen-bond acceptors (Lipinski definition) is 4. The van der Waals surface area contributed by atoms with Crippen LogP contribution in [0.5, 0.6) is 5.75 Å². The van der Waals surface area contributed by atoms with Crippen molar-refractivity contribution in [1.29, 1.82) is 0 Å². The molecule has 1 unspecified atom stereocenters. The van der Waals surface area contributed by atoms with Gasteiger partial charge in [0.15, 0.2) is 0 Å². The molecule has 1 heterocycles. The van der Waals surface area contributed by atoms with E-state index in [0.29, 0.717) is 0 Å². The number of benzene rings is 1. The zero-order valence-corrected chi connectivity index (χ0v) is 12.7. The molecular formula is C16H21N3O. The van der Waals surface area contributed by atoms with Gasteiger partial charge < -0.3 is 10.1 Å². The highest BCUT2D eigenvalue weighted by Crippen LogP contribution is 2.32. The van der Waals surface area contributed by atoms with Crippen molar-refractivity contribution in [2.45, 2.75) is 26.8 Å². The van der Waals surface area contributed by atoms with Gasteiger partial charge in [-0.15, -0.1) is 0 Å². The number of hydrogen-bond donors (Lipinski definition) is 1. The zero-order chi connectivity index (χ0) is 14.7. The van der Waals surface area contributed by atoms with Gasteiger partial charge in [0.05, 0.1) is 13.2 Å². The van der Waals surface area contributed by atoms with E-state index in [9.17, 15) is 0 Å². The van der Waals surface area contributed by atoms with Gasteiger partial charge in [-0.3, -0.25) is 0 Å². The average Bonchev–Trinajstić information content (AvgIpc) is 2.45. The summed E-state index contributed by atoms with van der Waals surface area (Å²) in [7, 11) is 3.61. The first kappa shape index (κ1) is 14.5. The number of aryl methyl sites for hydroxylation is 2. The summed E-state index contributed by atoms with van der Waals surface area (Å²) in [6.45, 7) is 6.13. The van der Waals surface area contributed by atoms with Gasteiger partial charge in [-0.2, -0.15) is 0 Å². The minimum Gasteiger partial charge on any atom is -0.496 e. The Balaban J connectivity index is 2.52. The number of methoxy groups -OCH3 is 1. The Morgan fingerprint density at radius 3 is 2.30 bits per heavy atom. The smallest absolute Gasteiger partial charge is 0.149 e. The van der Waals surface area contributed by atoms with Crippen LogP contribution in [0.1, 0.15) is 34.1 Å². The van der Waals surface area contributed by atoms with Gasteiger partial charge in [-0.25, -0.2) is 9.97 Å². The number of nitrogens with one attached hydrogen (secondary N) is 1. The minimum absolute atomic E-state index is 0.0788. The first-order valence-corrected chi connectivity index (χ1v) is 6.68. The van der Waals surface area contributed by atoms with Gasteiger partial charge in [0.1, 0.15) is 11.6 Å². The minimum atomic E-state index is -0.0788. The normalized spacial score (nSPS) is 12.2. The predicted molar refractivity (Wildman–Crippen MR) is 80.1 cm³/mol. The fourth-order valence-electron chi connectivity index (χ4n) is 2.28. The van der Waals surface area contributed by atoms with Crippen molar-refractivity contribution in [2.75, 3.05) is 14.2 Å². The molecule has 0 aliphatic carbocycles. The molecule has 0 saturated carbocycles. The highest BCUT2D eigenvalue weighted by Gasteiger charge is 2.20. The molecule has 1 aromatic carbocycles. The fraction of sp³-hybridized carbons (Fsp3) is 0.375. The molecule has 0 saturated heterocycles. The van der Waals surface area contributed by atoms with Crippen molar-refractivity contribution in [3.8, 4) is 5.75 Å². The van der Waals surface area contributed by atoms with E-state index < -0.39 is 0 Å². The van der Waals surface area contributed by atoms with Gasteiger partial charge in [-0.05, 0) is 44.5 Å². The molecule has 1 N–H and O–H groups in total. The Kier molecular flexibility index (Phi) is 4.35. The second kappa shape index (κ2) is 6.01. The molecule has 0 spiro atoms. The van der Waals surface area contributed by atoms with E-state index in [2.05, 4.69) is 41.3 Å². The molecule has 0 fully saturated rings. The van der Waals surface area contributed by atoms with Crippen LogP contribution in [-0.2, 0) is 0 Å². The summed E-state index contributed by atoms with van der Waals surface area (Å²) < 4.78 is 5.59. The summed E-state index contributed by atoms with van der Waals surface area (Å²) in [5, 5.41) is 3.27. The lowest BCUT2D eigenvalue weighted by Gasteiger charge is -2.20. The second-order valence-electron chi connectivity index (χ2n) is 4.97. The summed E-state index contributed by atoms with van der Waals surface area (Å²) in [5.41, 5.74) is 4.47. The van der Waals surface area contributed by atoms with Crippen molar-refractivity contribution in [1.82, 2.24) is 15.3 Å². The summed E-state index contributed by atoms with van der Waals surface area (Å²) in [5.74, 6) is 1.65. The molecule has 4 nitrogen and oxygen atoms in total. The molecule has 106 valence electrons. The van der Waals surface area contributed by atoms with E-state index in [1.54, 1.807) is 7.11 Å². The van der Waals surface area contributed by atoms with E-state index in [0.717, 1.165) is 28.3 Å². The summed E-state index contributed by atoms with van der Waals surface area (Å²) >= 11 is 0. The largest absolute Gasteiger partial charge is 0.496 e. The molecule has 0 radical (unpaired) electrons. The van der Waals surface area contributed by atoms with Crippen molar-refractivity contribution in [3.05, 3.63) is 52.6 Å². The quantitative estimate of drug-likeness (QED) is 0.929. The summed E-state index contributed by atoms with van der Waals surface area (Å²) in [6.07, 6.45) is 3.67. The van der Waals surface area contributed by atoms with Gasteiger partial charge in [0.25, 0.3) is 0 Å². The fourth-order valence-corrected chi connectivity index (χ4v) is 2.28. The van der Waals surface area contributed by atoms with E-state index in [4.69, 9.17) is 4.74 Å². The molecule has 20 heavy (non-hydrogen) atoms. The van der Waals surface area contributed by atoms with Crippen molar-refractivity contribution in [3.63, 3.8) is 0 Å². The van der Waals surface area contributed by atoms with Crippen LogP contribution in [0, 0.1) is 20.8 Å². The number of nitrogens with zero attached hydrogens (tertiary/aromatic N) is 2. The summed E-state index contributed by atoms with van der Waals surface area (Å²) in [4.78, 5) is 8.85. The third-order valence-electron chi connectivity index (χ3n) is 3.57. The topological polar surface area (TPSA) is 47.0 Å². The molecule has 1 atom stereocenters. The van der Waals surface area contributed by atoms with Crippen LogP contribution < -0.4 is 10.1 Å². The lowest BCUT2D eigenvalue weighted by atomic mass is 9.98. The van der Waals surface area contributed by atoms with Crippen LogP contribution in [-0.4, -0.2) is 24.1 Å². The van der Waals surface area contributed by atoms with Gasteiger partial charge >= 0.3 is 0 Å². The Morgan fingerprint density at radius 2 is 1.75 bits per heavy atom. The summed E-state index contributed by atoms with van der Waals surface area (Å²) in [6, 6.07) is 4.10. The predicted octanol–water partition coefficient (Wildman–Crippen LogP) is 2.72. The third-order valence-corrected chi connectivity index (χ3v) is 3.57. The second-order valence-corrected chi connectivity index (χ2v) is 4.97. The first-order valence-electron chi connectivity index (χ1n) is 6.68. The van der Waals surface area contributed by atoms with E-state index in [1.807, 2.05) is 26.4 Å². The maximum Gasteiger partial charge on any atom is 0.149 e. The Labute approximate surface area is 120 Å². The first-order chi connectivity index (χ1) is 9.58. The Bertz CT molecular complexity index is 593. The highest BCUT2D eigenvalue weighted by atomic mass is 16.5. The van der Waals surface area contributed by atoms with Crippen molar-refractivity contribution < 1.29 is 4.74 Å². The molecule has 0 aliphatic heterocycles. The SMILES string of the molecule is CNC(c1ncc(C)cn1)c1ccc(C)c(C)c1OC. The maximum atomic E-state index is 5.59. The van der Waals surface area contributed by atoms with Crippen LogP contribution in [0.2, 0.25) is 0 Å². The average molecular weight is 271 g/mol. The number of aromatic nitrogens is 2. The standard InChI is InChI=1S/C16H21N3O/c1-10-8-18-16(19-9-10)14(17-4)13-7-6-11(2)12(3)15(13)20-5/h6-9,14,17H,1-5H3. The van der Waals surface area contributed by atoms with E-state index in [-0.39, 0.29) is 6.04 Å². The van der Waals surface area contributed by atoms with Crippen LogP contribution >= 0.6 is 0 Å². The zero-order valence-electron chi connectivity index (χ0n) is 12.7. The third kappa shape index (κ3) is 2.65. The monoisotopic (exact) mass is 271 g/mol. The molecule has 4 heteroatoms. The van der Waals surface area contributed by atoms with Gasteiger partial charge in [0.2, 0.25) is 0 Å². The van der Waals surface area contributed by atoms with E-state index in [1.165, 1.54) is 5.56 Å². The van der Waals surface area contributed by atoms with Crippen LogP contribution in [0.25, 0.3) is 0 Å². The number of rotatable bonds is 4. The lowest BCUT2D eigenvalue weighted by molar-refractivity contribution is 0.401. The highest BCUT2D eigenvalue weighted by molar-refractivity contribution is 5.48.